The monoisotopic (exact) mass is 1590 g/mol. The number of pyridine rings is 3. The number of halogens is 2. The van der Waals surface area contributed by atoms with Crippen LogP contribution in [0.15, 0.2) is 100.0 Å². The number of aromatic nitrogens is 13. The summed E-state index contributed by atoms with van der Waals surface area (Å²) in [7, 11) is 0.597. The smallest absolute Gasteiger partial charge is 0.268 e. The highest BCUT2D eigenvalue weighted by molar-refractivity contribution is 9.10. The van der Waals surface area contributed by atoms with Crippen molar-refractivity contribution in [2.75, 3.05) is 54.2 Å². The van der Waals surface area contributed by atoms with Gasteiger partial charge in [0.1, 0.15) is 31.8 Å². The van der Waals surface area contributed by atoms with E-state index in [1.54, 1.807) is 92.2 Å². The molecule has 0 spiro atoms. The van der Waals surface area contributed by atoms with Gasteiger partial charge < -0.3 is 40.4 Å². The Bertz CT molecular complexity index is 4610. The number of nitrogens with zero attached hydrogens (tertiary/aromatic N) is 15. The second kappa shape index (κ2) is 33.3. The molecule has 8 aromatic rings. The van der Waals surface area contributed by atoms with E-state index >= 15 is 0 Å². The average molecular weight is 1590 g/mol. The third-order valence-corrected chi connectivity index (χ3v) is 20.4. The van der Waals surface area contributed by atoms with E-state index < -0.39 is 36.8 Å². The zero-order chi connectivity index (χ0) is 79.2. The van der Waals surface area contributed by atoms with Crippen LogP contribution in [0.3, 0.4) is 0 Å². The number of hydrogen-bond acceptors (Lipinski definition) is 21. The molecule has 3 aliphatic heterocycles. The summed E-state index contributed by atoms with van der Waals surface area (Å²) in [6.45, 7) is 45.8. The topological polar surface area (TPSA) is 360 Å². The number of anilines is 3. The van der Waals surface area contributed by atoms with Crippen molar-refractivity contribution in [3.63, 3.8) is 0 Å². The van der Waals surface area contributed by atoms with Gasteiger partial charge in [-0.1, -0.05) is 83.1 Å². The zero-order valence-electron chi connectivity index (χ0n) is 65.2. The second-order valence-corrected chi connectivity index (χ2v) is 38.1. The Kier molecular flexibility index (Phi) is 26.6. The van der Waals surface area contributed by atoms with E-state index in [2.05, 4.69) is 196 Å². The van der Waals surface area contributed by atoms with Crippen LogP contribution in [0.2, 0.25) is 0 Å². The molecule has 3 atom stereocenters. The number of ether oxygens (including phenoxy) is 3. The number of carbonyl (C=O) groups excluding carboxylic acids is 3. The van der Waals surface area contributed by atoms with Crippen LogP contribution in [0.4, 0.5) is 17.5 Å². The van der Waals surface area contributed by atoms with Crippen molar-refractivity contribution in [2.24, 2.45) is 59.6 Å². The number of primary amides is 2. The molecule has 0 saturated carbocycles. The Morgan fingerprint density at radius 3 is 1.28 bits per heavy atom. The van der Waals surface area contributed by atoms with Crippen molar-refractivity contribution in [3.05, 3.63) is 118 Å². The number of rotatable bonds is 17. The lowest BCUT2D eigenvalue weighted by atomic mass is 9.97. The summed E-state index contributed by atoms with van der Waals surface area (Å²) < 4.78 is 73.6. The molecule has 3 saturated heterocycles. The molecule has 0 aromatic carbocycles. The SMILES string of the molecule is CC(C)(C)COc1ccn[nH]1.C[C@@H]1CN(c2nc(-n3ccc(OCC(C)(C)C)n3)ccc2C(N)=O)C(C)(C)C1.C[C@@H]1CN(c2nc(Br)ccc2C(N)=O)C(C)(C)C1.Cc1nn(C)cc1S(=O)(=O)Cl.Cc1nn(C)cc1S(=O)(=O)NC(=O)c1ccc(-n2ccc(OCC(C)(C)C)n2)nc1N1C[C@@H](C)CC1(C)C. The van der Waals surface area contributed by atoms with Gasteiger partial charge in [0.05, 0.1) is 54.1 Å². The van der Waals surface area contributed by atoms with Gasteiger partial charge in [-0.2, -0.15) is 15.3 Å². The molecule has 3 fully saturated rings. The number of aromatic amines is 1. The lowest BCUT2D eigenvalue weighted by Crippen LogP contribution is -2.41. The first-order chi connectivity index (χ1) is 48.8. The minimum absolute atomic E-state index is 0.00257. The Balaban J connectivity index is 0.000000201. The fourth-order valence-corrected chi connectivity index (χ4v) is 15.3. The molecular formula is C73H107BrClN19O10S2. The molecule has 580 valence electrons. The van der Waals surface area contributed by atoms with Crippen LogP contribution in [0, 0.1) is 47.8 Å². The van der Waals surface area contributed by atoms with Gasteiger partial charge in [0.15, 0.2) is 11.6 Å². The van der Waals surface area contributed by atoms with Crippen molar-refractivity contribution in [1.82, 2.24) is 69.0 Å². The zero-order valence-corrected chi connectivity index (χ0v) is 69.2. The molecule has 106 heavy (non-hydrogen) atoms. The summed E-state index contributed by atoms with van der Waals surface area (Å²) >= 11 is 3.36. The molecule has 6 N–H and O–H groups in total. The summed E-state index contributed by atoms with van der Waals surface area (Å²) in [6, 6.07) is 15.6. The van der Waals surface area contributed by atoms with Crippen LogP contribution in [0.25, 0.3) is 11.6 Å². The van der Waals surface area contributed by atoms with Gasteiger partial charge in [0.2, 0.25) is 17.6 Å². The van der Waals surface area contributed by atoms with Crippen molar-refractivity contribution < 1.29 is 45.4 Å². The number of nitrogens with one attached hydrogen (secondary N) is 2. The minimum Gasteiger partial charge on any atom is -0.477 e. The van der Waals surface area contributed by atoms with E-state index in [-0.39, 0.29) is 48.2 Å². The van der Waals surface area contributed by atoms with Gasteiger partial charge in [0.25, 0.3) is 36.8 Å². The van der Waals surface area contributed by atoms with Gasteiger partial charge in [-0.25, -0.2) is 51.0 Å². The first-order valence-corrected chi connectivity index (χ1v) is 39.5. The Hall–Kier alpha value is -8.62. The molecule has 33 heteroatoms. The highest BCUT2D eigenvalue weighted by atomic mass is 79.9. The summed E-state index contributed by atoms with van der Waals surface area (Å²) in [6.07, 6.45) is 11.0. The number of sulfonamides is 1. The quantitative estimate of drug-likeness (QED) is 0.0486. The lowest BCUT2D eigenvalue weighted by Gasteiger charge is -2.34. The molecule has 11 heterocycles. The molecular weight excluding hydrogens is 1480 g/mol. The van der Waals surface area contributed by atoms with E-state index in [1.165, 1.54) is 21.8 Å². The van der Waals surface area contributed by atoms with E-state index in [1.807, 2.05) is 18.3 Å². The summed E-state index contributed by atoms with van der Waals surface area (Å²) in [5.74, 6) is 4.39. The summed E-state index contributed by atoms with van der Waals surface area (Å²) in [5.41, 5.74) is 12.7. The standard InChI is InChI=1S/C26H37N7O4S.C21H31N5O2.C13H18BrN3O.C8H14N2O.C5H7ClN2O2S/c1-17-13-26(6,7)32(14-17)23-19(24(34)30-38(35,36)20-15-31(8)28-18(20)2)9-10-21(27-23)33-12-11-22(29-33)37-16-25(3,4)5;1-14-11-21(5,6)25(12-14)19-15(18(22)27)7-8-16(23-19)26-10-9-17(24-26)28-13-20(2,3)4;1-8-6-13(2,3)17(7-8)12-9(11(15)18)4-5-10(14)16-12;1-8(2,3)6-11-7-4-5-9-10-7;1-4-5(11(6,9)10)3-8(2)7-4/h9-12,15,17H,13-14,16H2,1-8H3,(H,30,34);7-10,14H,11-13H2,1-6H3,(H2,22,27);4-5,8H,6-7H2,1-3H3,(H2,15,18);4-5H,6H2,1-3H3,(H,9,10);3H,1-2H3/t17-;14-;8-;;/m000../s1. The molecule has 29 nitrogen and oxygen atoms in total. The lowest BCUT2D eigenvalue weighted by molar-refractivity contribution is 0.0976. The molecule has 0 bridgehead atoms. The molecule has 0 radical (unpaired) electrons. The van der Waals surface area contributed by atoms with Crippen LogP contribution in [0.5, 0.6) is 17.6 Å². The number of nitrogens with two attached hydrogens (primary N) is 2. The first kappa shape index (κ1) is 84.6. The van der Waals surface area contributed by atoms with Crippen LogP contribution < -0.4 is 45.1 Å². The van der Waals surface area contributed by atoms with Gasteiger partial charge in [0, 0.05) is 104 Å². The van der Waals surface area contributed by atoms with Gasteiger partial charge in [-0.05, 0) is 161 Å². The molecule has 8 aromatic heterocycles. The molecule has 11 rings (SSSR count). The van der Waals surface area contributed by atoms with Crippen LogP contribution in [-0.4, -0.2) is 155 Å². The van der Waals surface area contributed by atoms with E-state index in [4.69, 9.17) is 46.3 Å². The molecule has 0 aliphatic carbocycles. The molecule has 0 unspecified atom stereocenters. The fourth-order valence-electron chi connectivity index (χ4n) is 12.7. The predicted molar refractivity (Wildman–Crippen MR) is 414 cm³/mol. The number of aryl methyl sites for hydroxylation is 4. The van der Waals surface area contributed by atoms with Gasteiger partial charge in [-0.3, -0.25) is 23.7 Å². The summed E-state index contributed by atoms with van der Waals surface area (Å²) in [5, 5.41) is 23.4. The van der Waals surface area contributed by atoms with Gasteiger partial charge >= 0.3 is 0 Å². The molecule has 3 aliphatic rings. The van der Waals surface area contributed by atoms with Crippen molar-refractivity contribution in [3.8, 4) is 29.3 Å². The van der Waals surface area contributed by atoms with E-state index in [0.717, 1.165) is 42.8 Å². The maximum atomic E-state index is 13.4. The highest BCUT2D eigenvalue weighted by Gasteiger charge is 2.42. The van der Waals surface area contributed by atoms with Crippen LogP contribution >= 0.6 is 26.6 Å². The van der Waals surface area contributed by atoms with Crippen molar-refractivity contribution in [2.45, 2.75) is 184 Å². The van der Waals surface area contributed by atoms with E-state index in [9.17, 15) is 31.2 Å². The predicted octanol–water partition coefficient (Wildman–Crippen LogP) is 12.0. The van der Waals surface area contributed by atoms with Gasteiger partial charge in [-0.15, -0.1) is 10.2 Å². The fraction of sp³-hybridized carbons (Fsp3) is 0.548. The third kappa shape index (κ3) is 23.2. The van der Waals surface area contributed by atoms with Crippen molar-refractivity contribution >= 4 is 80.9 Å². The summed E-state index contributed by atoms with van der Waals surface area (Å²) in [4.78, 5) is 57.5. The largest absolute Gasteiger partial charge is 0.477 e. The van der Waals surface area contributed by atoms with E-state index in [0.29, 0.717) is 107 Å². The number of H-pyrrole nitrogens is 1. The average Bonchev–Trinajstić information content (AvgIpc) is 1.57. The third-order valence-electron chi connectivity index (χ3n) is 17.1. The Morgan fingerprint density at radius 1 is 0.566 bits per heavy atom. The van der Waals surface area contributed by atoms with Crippen molar-refractivity contribution in [1.29, 1.82) is 0 Å². The van der Waals surface area contributed by atoms with Crippen LogP contribution in [-0.2, 0) is 33.2 Å². The highest BCUT2D eigenvalue weighted by Crippen LogP contribution is 2.41. The number of carbonyl (C=O) groups is 3. The number of amides is 3. The second-order valence-electron chi connectivity index (χ2n) is 33.1. The Morgan fingerprint density at radius 2 is 0.943 bits per heavy atom. The first-order valence-electron chi connectivity index (χ1n) is 35.0. The molecule has 3 amide bonds. The normalized spacial score (nSPS) is 17.5. The maximum absolute atomic E-state index is 13.4. The van der Waals surface area contributed by atoms with Crippen LogP contribution in [0.1, 0.15) is 186 Å². The maximum Gasteiger partial charge on any atom is 0.268 e. The number of hydrogen-bond donors (Lipinski definition) is 4. The Labute approximate surface area is 636 Å². The minimum atomic E-state index is -4.14.